The molecule has 0 heterocycles. The summed E-state index contributed by atoms with van der Waals surface area (Å²) in [6, 6.07) is 7.65. The average molecular weight is 212 g/mol. The topological polar surface area (TPSA) is 34.1 Å². The van der Waals surface area contributed by atoms with Gasteiger partial charge in [0.15, 0.2) is 5.78 Å². The molecule has 0 bridgehead atoms. The predicted molar refractivity (Wildman–Crippen MR) is 62.4 cm³/mol. The number of Topliss-reactive ketones (excluding diaryl/α,β-unsaturated/α-hetero) is 1. The third-order valence-corrected chi connectivity index (χ3v) is 2.60. The summed E-state index contributed by atoms with van der Waals surface area (Å²) in [4.78, 5) is 22.0. The lowest BCUT2D eigenvalue weighted by Gasteiger charge is -1.91. The second kappa shape index (κ2) is 4.71. The van der Waals surface area contributed by atoms with Gasteiger partial charge in [0.2, 0.25) is 0 Å². The second-order valence-electron chi connectivity index (χ2n) is 3.69. The highest BCUT2D eigenvalue weighted by molar-refractivity contribution is 6.13. The van der Waals surface area contributed by atoms with Crippen LogP contribution in [0, 0.1) is 0 Å². The molecule has 0 aromatic heterocycles. The highest BCUT2D eigenvalue weighted by Crippen LogP contribution is 2.25. The van der Waals surface area contributed by atoms with E-state index in [1.165, 1.54) is 0 Å². The van der Waals surface area contributed by atoms with Gasteiger partial charge in [-0.25, -0.2) is 0 Å². The fourth-order valence-electron chi connectivity index (χ4n) is 1.81. The van der Waals surface area contributed by atoms with E-state index in [2.05, 4.69) is 0 Å². The molecule has 2 heteroatoms. The van der Waals surface area contributed by atoms with E-state index in [1.807, 2.05) is 24.3 Å². The average Bonchev–Trinajstić information content (AvgIpc) is 2.63. The van der Waals surface area contributed by atoms with E-state index >= 15 is 0 Å². The smallest absolute Gasteiger partial charge is 0.189 e. The molecule has 0 atom stereocenters. The van der Waals surface area contributed by atoms with E-state index in [1.54, 1.807) is 18.2 Å². The standard InChI is InChI=1S/C14H12O2/c15-9-5-1-2-7-12-10-11-6-3-4-8-13(11)14(12)16/h1-4,6-9H,5,10H2. The van der Waals surface area contributed by atoms with Gasteiger partial charge in [-0.05, 0) is 5.56 Å². The van der Waals surface area contributed by atoms with Gasteiger partial charge in [-0.2, -0.15) is 0 Å². The van der Waals surface area contributed by atoms with Crippen molar-refractivity contribution in [2.24, 2.45) is 0 Å². The number of aldehydes is 1. The fourth-order valence-corrected chi connectivity index (χ4v) is 1.81. The number of carbonyl (C=O) groups excluding carboxylic acids is 2. The highest BCUT2D eigenvalue weighted by Gasteiger charge is 2.22. The number of benzene rings is 1. The number of hydrogen-bond donors (Lipinski definition) is 0. The summed E-state index contributed by atoms with van der Waals surface area (Å²) in [6.07, 6.45) is 7.24. The van der Waals surface area contributed by atoms with Crippen LogP contribution in [-0.2, 0) is 11.2 Å². The molecule has 0 spiro atoms. The molecule has 0 fully saturated rings. The molecule has 2 rings (SSSR count). The van der Waals surface area contributed by atoms with Crippen LogP contribution in [0.5, 0.6) is 0 Å². The summed E-state index contributed by atoms with van der Waals surface area (Å²) in [5.41, 5.74) is 2.68. The van der Waals surface area contributed by atoms with Crippen molar-refractivity contribution >= 4 is 12.1 Å². The Morgan fingerprint density at radius 3 is 2.81 bits per heavy atom. The Morgan fingerprint density at radius 1 is 1.25 bits per heavy atom. The van der Waals surface area contributed by atoms with E-state index in [-0.39, 0.29) is 5.78 Å². The molecule has 1 aliphatic carbocycles. The van der Waals surface area contributed by atoms with E-state index < -0.39 is 0 Å². The Hall–Kier alpha value is -1.96. The molecule has 0 amide bonds. The molecule has 0 unspecified atom stereocenters. The third-order valence-electron chi connectivity index (χ3n) is 2.60. The first kappa shape index (κ1) is 10.6. The van der Waals surface area contributed by atoms with Crippen LogP contribution in [0.4, 0.5) is 0 Å². The Labute approximate surface area is 94.3 Å². The second-order valence-corrected chi connectivity index (χ2v) is 3.69. The van der Waals surface area contributed by atoms with E-state index in [0.717, 1.165) is 23.0 Å². The van der Waals surface area contributed by atoms with Crippen LogP contribution in [0.1, 0.15) is 22.3 Å². The first-order valence-electron chi connectivity index (χ1n) is 5.25. The van der Waals surface area contributed by atoms with Crippen molar-refractivity contribution in [3.8, 4) is 0 Å². The molecule has 0 radical (unpaired) electrons. The lowest BCUT2D eigenvalue weighted by molar-refractivity contribution is -0.107. The summed E-state index contributed by atoms with van der Waals surface area (Å²) in [5.74, 6) is 0.103. The molecule has 0 saturated heterocycles. The van der Waals surface area contributed by atoms with Crippen molar-refractivity contribution in [1.29, 1.82) is 0 Å². The van der Waals surface area contributed by atoms with Crippen molar-refractivity contribution in [1.82, 2.24) is 0 Å². The van der Waals surface area contributed by atoms with Crippen molar-refractivity contribution in [2.75, 3.05) is 0 Å². The van der Waals surface area contributed by atoms with Gasteiger partial charge in [-0.3, -0.25) is 4.79 Å². The zero-order chi connectivity index (χ0) is 11.4. The van der Waals surface area contributed by atoms with E-state index in [4.69, 9.17) is 0 Å². The van der Waals surface area contributed by atoms with Crippen LogP contribution in [-0.4, -0.2) is 12.1 Å². The van der Waals surface area contributed by atoms with Gasteiger partial charge in [0.1, 0.15) is 6.29 Å². The number of allylic oxidation sites excluding steroid dienone is 4. The van der Waals surface area contributed by atoms with Gasteiger partial charge in [0.05, 0.1) is 0 Å². The molecule has 0 N–H and O–H groups in total. The highest BCUT2D eigenvalue weighted by atomic mass is 16.1. The summed E-state index contributed by atoms with van der Waals surface area (Å²) in [7, 11) is 0. The minimum absolute atomic E-state index is 0.103. The maximum atomic E-state index is 11.9. The first-order chi connectivity index (χ1) is 7.83. The number of carbonyl (C=O) groups is 2. The molecule has 0 aliphatic heterocycles. The summed E-state index contributed by atoms with van der Waals surface area (Å²) in [6.45, 7) is 0. The lowest BCUT2D eigenvalue weighted by Crippen LogP contribution is -1.94. The monoisotopic (exact) mass is 212 g/mol. The Balaban J connectivity index is 2.18. The van der Waals surface area contributed by atoms with Gasteiger partial charge in [-0.15, -0.1) is 0 Å². The quantitative estimate of drug-likeness (QED) is 0.570. The molecular formula is C14H12O2. The van der Waals surface area contributed by atoms with Gasteiger partial charge in [0, 0.05) is 24.0 Å². The molecule has 1 aromatic rings. The molecule has 1 aromatic carbocycles. The lowest BCUT2D eigenvalue weighted by atomic mass is 10.1. The van der Waals surface area contributed by atoms with Crippen molar-refractivity contribution in [3.05, 3.63) is 59.2 Å². The number of rotatable bonds is 3. The molecule has 1 aliphatic rings. The Bertz CT molecular complexity index is 481. The predicted octanol–water partition coefficient (Wildman–Crippen LogP) is 2.50. The first-order valence-corrected chi connectivity index (χ1v) is 5.25. The summed E-state index contributed by atoms with van der Waals surface area (Å²) < 4.78 is 0. The maximum Gasteiger partial charge on any atom is 0.189 e. The van der Waals surface area contributed by atoms with E-state index in [0.29, 0.717) is 12.8 Å². The Kier molecular flexibility index (Phi) is 3.10. The minimum Gasteiger partial charge on any atom is -0.303 e. The number of ketones is 1. The summed E-state index contributed by atoms with van der Waals surface area (Å²) >= 11 is 0. The zero-order valence-electron chi connectivity index (χ0n) is 8.85. The largest absolute Gasteiger partial charge is 0.303 e. The Morgan fingerprint density at radius 2 is 2.06 bits per heavy atom. The third kappa shape index (κ3) is 2.01. The molecular weight excluding hydrogens is 200 g/mol. The van der Waals surface area contributed by atoms with Crippen LogP contribution >= 0.6 is 0 Å². The van der Waals surface area contributed by atoms with E-state index in [9.17, 15) is 9.59 Å². The van der Waals surface area contributed by atoms with Gasteiger partial charge >= 0.3 is 0 Å². The van der Waals surface area contributed by atoms with Crippen LogP contribution < -0.4 is 0 Å². The van der Waals surface area contributed by atoms with Gasteiger partial charge in [0.25, 0.3) is 0 Å². The minimum atomic E-state index is 0.103. The van der Waals surface area contributed by atoms with Gasteiger partial charge in [-0.1, -0.05) is 42.5 Å². The number of fused-ring (bicyclic) bond motifs is 1. The van der Waals surface area contributed by atoms with Crippen LogP contribution in [0.2, 0.25) is 0 Å². The van der Waals surface area contributed by atoms with Gasteiger partial charge < -0.3 is 4.79 Å². The van der Waals surface area contributed by atoms with Crippen LogP contribution in [0.25, 0.3) is 0 Å². The molecule has 16 heavy (non-hydrogen) atoms. The SMILES string of the molecule is O=CCC=CC=C1Cc2ccccc2C1=O. The maximum absolute atomic E-state index is 11.9. The molecule has 80 valence electrons. The van der Waals surface area contributed by atoms with Crippen molar-refractivity contribution < 1.29 is 9.59 Å². The fraction of sp³-hybridized carbons (Fsp3) is 0.143. The van der Waals surface area contributed by atoms with Crippen LogP contribution in [0.3, 0.4) is 0 Å². The number of hydrogen-bond acceptors (Lipinski definition) is 2. The van der Waals surface area contributed by atoms with Crippen LogP contribution in [0.15, 0.2) is 48.1 Å². The van der Waals surface area contributed by atoms with Crippen molar-refractivity contribution in [3.63, 3.8) is 0 Å². The summed E-state index contributed by atoms with van der Waals surface area (Å²) in [5, 5.41) is 0. The molecule has 2 nitrogen and oxygen atoms in total. The molecule has 0 saturated carbocycles. The zero-order valence-corrected chi connectivity index (χ0v) is 8.85. The van der Waals surface area contributed by atoms with Crippen molar-refractivity contribution in [2.45, 2.75) is 12.8 Å². The normalized spacial score (nSPS) is 17.0.